The van der Waals surface area contributed by atoms with Crippen molar-refractivity contribution in [1.82, 2.24) is 29.9 Å². The quantitative estimate of drug-likeness (QED) is 0.00935. The number of para-hydroxylation sites is 1. The van der Waals surface area contributed by atoms with E-state index in [1.54, 1.807) is 30.9 Å². The van der Waals surface area contributed by atoms with Crippen LogP contribution in [0.1, 0.15) is 84.5 Å². The van der Waals surface area contributed by atoms with Crippen LogP contribution in [0.3, 0.4) is 0 Å². The zero-order valence-electron chi connectivity index (χ0n) is 46.9. The van der Waals surface area contributed by atoms with Crippen LogP contribution >= 0.6 is 108 Å². The number of nitro groups is 2. The molecule has 0 spiro atoms. The molecule has 0 unspecified atom stereocenters. The van der Waals surface area contributed by atoms with E-state index in [1.165, 1.54) is 48.8 Å². The normalized spacial score (nSPS) is 17.6. The van der Waals surface area contributed by atoms with Gasteiger partial charge < -0.3 is 64.8 Å². The van der Waals surface area contributed by atoms with Crippen molar-refractivity contribution in [3.63, 3.8) is 0 Å². The molecule has 3 fully saturated rings. The molecule has 3 aromatic carbocycles. The number of nitrogens with zero attached hydrogens (tertiary/aromatic N) is 8. The highest BCUT2D eigenvalue weighted by molar-refractivity contribution is 9.93. The van der Waals surface area contributed by atoms with Crippen LogP contribution in [0.15, 0.2) is 102 Å². The lowest BCUT2D eigenvalue weighted by molar-refractivity contribution is -0.384. The summed E-state index contributed by atoms with van der Waals surface area (Å²) >= 11 is 21.3. The number of carbonyl (C=O) groups is 2. The molecule has 17 N–H and O–H groups in total. The Morgan fingerprint density at radius 3 is 1.30 bits per heavy atom. The number of anilines is 6. The number of nitro benzene ring substituents is 2. The number of aromatic nitrogens is 6. The first-order valence-electron chi connectivity index (χ1n) is 25.7. The number of aromatic hydroxyl groups is 3. The van der Waals surface area contributed by atoms with E-state index >= 15 is 0 Å². The van der Waals surface area contributed by atoms with E-state index < -0.39 is 26.0 Å². The highest BCUT2D eigenvalue weighted by atomic mass is 80.9. The first-order valence-corrected chi connectivity index (χ1v) is 35.2. The van der Waals surface area contributed by atoms with Gasteiger partial charge in [0.05, 0.1) is 59.2 Å². The van der Waals surface area contributed by atoms with E-state index in [9.17, 15) is 38.1 Å². The molecule has 0 atom stereocenters. The molecule has 3 aromatic heterocycles. The largest absolute Gasteiger partial charge is 0.506 e. The minimum atomic E-state index is -3.36. The average Bonchev–Trinajstić information content (AvgIpc) is 1.71. The second kappa shape index (κ2) is 45.6. The summed E-state index contributed by atoms with van der Waals surface area (Å²) in [5.41, 5.74) is 26.4. The Bertz CT molecular complexity index is 3140. The van der Waals surface area contributed by atoms with E-state index in [0.717, 1.165) is 96.7 Å². The van der Waals surface area contributed by atoms with Crippen LogP contribution in [-0.4, -0.2) is 129 Å². The molecule has 3 heterocycles. The van der Waals surface area contributed by atoms with E-state index in [0.29, 0.717) is 38.6 Å². The number of carbonyl (C=O) groups excluding carboxylic acids is 2. The van der Waals surface area contributed by atoms with Gasteiger partial charge in [0.25, 0.3) is 21.5 Å². The van der Waals surface area contributed by atoms with Crippen LogP contribution in [0.4, 0.5) is 50.4 Å². The molecule has 0 radical (unpaired) electrons. The Kier molecular flexibility index (Phi) is 42.7. The third kappa shape index (κ3) is 36.4. The van der Waals surface area contributed by atoms with Gasteiger partial charge in [-0.25, -0.2) is 29.9 Å². The molecule has 3 saturated carbocycles. The first-order chi connectivity index (χ1) is 41.9. The molecule has 38 heteroatoms. The maximum absolute atomic E-state index is 11.8. The maximum atomic E-state index is 11.8. The number of benzene rings is 3. The highest BCUT2D eigenvalue weighted by Crippen LogP contribution is 2.34. The molecular formula is C52H69Br7FN15O14S. The van der Waals surface area contributed by atoms with E-state index in [-0.39, 0.29) is 90.0 Å². The molecule has 6 aromatic rings. The lowest BCUT2D eigenvalue weighted by atomic mass is 9.93. The minimum absolute atomic E-state index is 0. The Balaban J connectivity index is 0.00000103. The van der Waals surface area contributed by atoms with Crippen molar-refractivity contribution in [2.24, 2.45) is 5.73 Å². The van der Waals surface area contributed by atoms with Crippen molar-refractivity contribution in [2.75, 3.05) is 39.8 Å². The molecule has 0 amide bonds. The number of hydrogen-bond acceptors (Lipinski definition) is 27. The fourth-order valence-electron chi connectivity index (χ4n) is 7.37. The van der Waals surface area contributed by atoms with Crippen LogP contribution in [0.25, 0.3) is 0 Å². The summed E-state index contributed by atoms with van der Waals surface area (Å²) in [6.45, 7) is 0. The fraction of sp³-hybridized carbons (Fsp3) is 0.385. The van der Waals surface area contributed by atoms with Gasteiger partial charge in [-0.3, -0.25) is 34.0 Å². The number of aldehydes is 2. The van der Waals surface area contributed by atoms with Crippen LogP contribution < -0.4 is 39.3 Å². The van der Waals surface area contributed by atoms with Gasteiger partial charge >= 0.3 is 6.08 Å². The summed E-state index contributed by atoms with van der Waals surface area (Å²) < 4.78 is 42.5. The van der Waals surface area contributed by atoms with Crippen LogP contribution in [-0.2, 0) is 23.9 Å². The van der Waals surface area contributed by atoms with Gasteiger partial charge in [0, 0.05) is 105 Å². The molecule has 0 saturated heterocycles. The van der Waals surface area contributed by atoms with Crippen LogP contribution in [0, 0.1) is 26.3 Å². The van der Waals surface area contributed by atoms with Gasteiger partial charge in [-0.2, -0.15) is 12.8 Å². The molecule has 29 nitrogen and oxygen atoms in total. The maximum Gasteiger partial charge on any atom is 0.308 e. The van der Waals surface area contributed by atoms with Crippen molar-refractivity contribution in [1.29, 1.82) is 0 Å². The van der Waals surface area contributed by atoms with Gasteiger partial charge in [-0.15, -0.1) is 0 Å². The lowest BCUT2D eigenvalue weighted by Gasteiger charge is -2.28. The summed E-state index contributed by atoms with van der Waals surface area (Å²) in [4.78, 5) is 60.0. The third-order valence-corrected chi connectivity index (χ3v) is 14.5. The summed E-state index contributed by atoms with van der Waals surface area (Å²) in [7, 11) is -3.36. The van der Waals surface area contributed by atoms with E-state index in [1.807, 2.05) is 0 Å². The monoisotopic (exact) mass is 1730 g/mol. The summed E-state index contributed by atoms with van der Waals surface area (Å²) in [5.74, 6) is 0.706. The molecule has 498 valence electrons. The van der Waals surface area contributed by atoms with Gasteiger partial charge in [0.1, 0.15) is 17.2 Å². The number of aliphatic hydroxyl groups is 2. The Hall–Kier alpha value is -5.68. The number of phenols is 3. The molecule has 3 aliphatic carbocycles. The van der Waals surface area contributed by atoms with Crippen molar-refractivity contribution < 1.29 is 62.0 Å². The predicted molar refractivity (Wildman–Crippen MR) is 366 cm³/mol. The zero-order valence-corrected chi connectivity index (χ0v) is 58.8. The molecule has 0 bridgehead atoms. The minimum Gasteiger partial charge on any atom is -0.506 e. The smallest absolute Gasteiger partial charge is 0.308 e. The Labute approximate surface area is 575 Å². The average molecular weight is 1740 g/mol. The van der Waals surface area contributed by atoms with Crippen molar-refractivity contribution in [2.45, 2.75) is 121 Å². The van der Waals surface area contributed by atoms with Gasteiger partial charge in [0.15, 0.2) is 23.9 Å². The SMILES string of the molecule is BrBr.C.CS(=O)(=O)OC1CCC(Nc2ncc(Br)cn2)CC1.Fc1ncc(Br)cn1.NC1CCC(O)CC1.Nc1c(O)cc(Br)cc1[N+](=O)[O-].Nc1c(O)cccc1[N+](=O)[O-].Nc1cc(Br)cc(O)c1N.O=CC=O.OC1CCC(Nc2ncc(Br)cn2)CC1. The number of aliphatic hydroxyl groups excluding tert-OH is 2. The number of phenolic OH excluding ortho intramolecular Hbond substituents is 3. The molecule has 90 heavy (non-hydrogen) atoms. The summed E-state index contributed by atoms with van der Waals surface area (Å²) in [6.07, 6.45) is 20.6. The third-order valence-electron chi connectivity index (χ3n) is 11.7. The number of nitrogen functional groups attached to an aromatic ring is 4. The summed E-state index contributed by atoms with van der Waals surface area (Å²) in [5, 5.41) is 72.4. The second-order valence-electron chi connectivity index (χ2n) is 18.5. The molecular weight excluding hydrogens is 1670 g/mol. The second-order valence-corrected chi connectivity index (χ2v) is 24.7. The molecule has 0 aliphatic heterocycles. The highest BCUT2D eigenvalue weighted by Gasteiger charge is 2.25. The van der Waals surface area contributed by atoms with Crippen molar-refractivity contribution in [3.05, 3.63) is 128 Å². The van der Waals surface area contributed by atoms with Gasteiger partial charge in [-0.1, -0.05) is 45.4 Å². The molecule has 3 aliphatic rings. The Morgan fingerprint density at radius 1 is 0.578 bits per heavy atom. The first kappa shape index (κ1) is 84.3. The topological polar surface area (TPSA) is 496 Å². The van der Waals surface area contributed by atoms with Crippen LogP contribution in [0.5, 0.6) is 17.2 Å². The van der Waals surface area contributed by atoms with E-state index in [4.69, 9.17) is 62.9 Å². The van der Waals surface area contributed by atoms with E-state index in [2.05, 4.69) is 148 Å². The number of halogens is 8. The van der Waals surface area contributed by atoms with Crippen molar-refractivity contribution >= 4 is 177 Å². The Morgan fingerprint density at radius 2 is 0.944 bits per heavy atom. The number of nitrogens with two attached hydrogens (primary N) is 5. The van der Waals surface area contributed by atoms with Crippen molar-refractivity contribution in [3.8, 4) is 17.2 Å². The lowest BCUT2D eigenvalue weighted by Crippen LogP contribution is -2.31. The van der Waals surface area contributed by atoms with Crippen LogP contribution in [0.2, 0.25) is 0 Å². The van der Waals surface area contributed by atoms with Gasteiger partial charge in [-0.05, 0) is 149 Å². The standard InChI is InChI=1S/C11H16BrN3O3S.C10H14BrN3O.C6H5BrN2O3.C6H7BrN2O.C6H6N2O3.C6H13NO.C4H2BrFN2.C2H2O2.CH4.Br2/c1-19(16,17)18-10-4-2-9(3-5-10)15-11-13-6-8(12)7-14-11;11-7-5-12-10(13-6-7)14-8-1-3-9(15)4-2-8;7-3-1-4(9(11)12)6(8)5(10)2-3;7-3-1-4(8)6(9)5(10)2-3;7-6-4(8(10)11)2-1-3-5(6)9;7-5-1-3-6(8)4-2-5;5-3-1-7-4(6)8-2-3;3-1-2-4;;1-2/h6-7,9-10H,2-5H2,1H3,(H,13,14,15);5-6,8-9,15H,1-4H2,(H,12,13,14);1-2,10H,8H2;1-2,10H,8-9H2;1-3,9H,7H2;5-6,8H,1-4,7H2;1-2H;1-2H;1H4;. The number of hydrogen-bond donors (Lipinski definition) is 12. The summed E-state index contributed by atoms with van der Waals surface area (Å²) in [6, 6.07) is 10.6. The number of nitrogens with one attached hydrogen (secondary N) is 2. The zero-order chi connectivity index (χ0) is 67.4. The fourth-order valence-corrected chi connectivity index (χ4v) is 9.57. The number of rotatable bonds is 9. The molecule has 9 rings (SSSR count). The predicted octanol–water partition coefficient (Wildman–Crippen LogP) is 11.1. The van der Waals surface area contributed by atoms with Gasteiger partial charge in [0.2, 0.25) is 11.9 Å².